The van der Waals surface area contributed by atoms with Gasteiger partial charge in [0.05, 0.1) is 0 Å². The van der Waals surface area contributed by atoms with Gasteiger partial charge < -0.3 is 15.0 Å². The molecule has 0 heterocycles. The van der Waals surface area contributed by atoms with E-state index in [9.17, 15) is 0 Å². The molecular formula is C15H46O3. The summed E-state index contributed by atoms with van der Waals surface area (Å²) in [5.41, 5.74) is 0. The number of carbonyl (C=O) groups is 1. The molecule has 2 N–H and O–H groups in total. The molecule has 3 heteroatoms. The van der Waals surface area contributed by atoms with Gasteiger partial charge in [0, 0.05) is 14.2 Å². The molecule has 124 valence electrons. The second-order valence-electron chi connectivity index (χ2n) is 0.408. The van der Waals surface area contributed by atoms with Gasteiger partial charge in [-0.05, 0) is 0 Å². The number of ether oxygens (including phenoxy) is 1. The highest BCUT2D eigenvalue weighted by molar-refractivity contribution is 5.10. The zero-order chi connectivity index (χ0) is 16.7. The lowest BCUT2D eigenvalue weighted by molar-refractivity contribution is -0.0979. The van der Waals surface area contributed by atoms with Gasteiger partial charge in [-0.15, -0.1) is 0 Å². The fourth-order valence-corrected chi connectivity index (χ4v) is 0. The molecule has 0 aliphatic heterocycles. The van der Waals surface area contributed by atoms with Crippen LogP contribution in [0.4, 0.5) is 0 Å². The van der Waals surface area contributed by atoms with E-state index in [0.717, 1.165) is 0 Å². The lowest BCUT2D eigenvalue weighted by atomic mass is 11.0. The molecule has 0 amide bonds. The molecule has 0 spiro atoms. The van der Waals surface area contributed by atoms with Gasteiger partial charge in [-0.1, -0.05) is 83.1 Å². The Morgan fingerprint density at radius 1 is 0.500 bits per heavy atom. The zero-order valence-electron chi connectivity index (χ0n) is 16.0. The van der Waals surface area contributed by atoms with Gasteiger partial charge in [-0.2, -0.15) is 0 Å². The minimum Gasteiger partial charge on any atom is -0.412 e. The third kappa shape index (κ3) is 19700. The minimum absolute atomic E-state index is 0. The van der Waals surface area contributed by atoms with Crippen molar-refractivity contribution >= 4 is 6.79 Å². The van der Waals surface area contributed by atoms with Crippen molar-refractivity contribution in [1.82, 2.24) is 0 Å². The summed E-state index contributed by atoms with van der Waals surface area (Å²) in [7, 11) is 3.25. The van der Waals surface area contributed by atoms with E-state index >= 15 is 0 Å². The van der Waals surface area contributed by atoms with Crippen LogP contribution >= 0.6 is 0 Å². The molecule has 0 rings (SSSR count). The van der Waals surface area contributed by atoms with Crippen LogP contribution in [0.1, 0.15) is 83.1 Å². The predicted molar refractivity (Wildman–Crippen MR) is 91.8 cm³/mol. The Kier molecular flexibility index (Phi) is 42200. The molecule has 3 nitrogen and oxygen atoms in total. The molecule has 0 radical (unpaired) electrons. The van der Waals surface area contributed by atoms with Crippen LogP contribution in [-0.4, -0.2) is 26.5 Å². The van der Waals surface area contributed by atoms with Gasteiger partial charge in [0.2, 0.25) is 0 Å². The monoisotopic (exact) mass is 274 g/mol. The van der Waals surface area contributed by atoms with E-state index in [-0.39, 0.29) is 5.48 Å². The lowest BCUT2D eigenvalue weighted by Gasteiger charge is -1.61. The Morgan fingerprint density at radius 3 is 0.500 bits per heavy atom. The van der Waals surface area contributed by atoms with Crippen LogP contribution < -0.4 is 0 Å². The third-order valence-corrected chi connectivity index (χ3v) is 0. The predicted octanol–water partition coefficient (Wildman–Crippen LogP) is 5.41. The van der Waals surface area contributed by atoms with Crippen LogP contribution in [0.5, 0.6) is 0 Å². The summed E-state index contributed by atoms with van der Waals surface area (Å²) < 4.78 is 4.25. The number of hydrogen-bond acceptors (Lipinski definition) is 2. The number of rotatable bonds is 0. The summed E-state index contributed by atoms with van der Waals surface area (Å²) in [5.74, 6) is 0. The number of hydrogen-bond donors (Lipinski definition) is 0. The summed E-state index contributed by atoms with van der Waals surface area (Å²) >= 11 is 0. The first-order valence-electron chi connectivity index (χ1n) is 7.11. The topological polar surface area (TPSA) is 57.8 Å². The first-order chi connectivity index (χ1) is 8.41. The maximum absolute atomic E-state index is 8.00. The highest BCUT2D eigenvalue weighted by Crippen LogP contribution is 1.28. The van der Waals surface area contributed by atoms with Crippen molar-refractivity contribution in [3.05, 3.63) is 0 Å². The highest BCUT2D eigenvalue weighted by Gasteiger charge is 1.25. The van der Waals surface area contributed by atoms with E-state index in [4.69, 9.17) is 4.79 Å². The maximum atomic E-state index is 8.00. The van der Waals surface area contributed by atoms with Crippen LogP contribution in [0, 0.1) is 0 Å². The van der Waals surface area contributed by atoms with Crippen LogP contribution in [0.2, 0.25) is 0 Å². The van der Waals surface area contributed by atoms with Gasteiger partial charge in [-0.3, -0.25) is 0 Å². The van der Waals surface area contributed by atoms with Gasteiger partial charge in [-0.25, -0.2) is 0 Å². The standard InChI is InChI=1S/C2H6O.6C2H6.CH2O.H2O/c1-3-2;7*1-2;/h1-2H3;6*1-2H3;1H2;1H2. The van der Waals surface area contributed by atoms with Crippen LogP contribution in [0.15, 0.2) is 0 Å². The molecule has 0 aromatic heterocycles. The van der Waals surface area contributed by atoms with E-state index in [0.29, 0.717) is 0 Å². The number of methoxy groups -OCH3 is 1. The van der Waals surface area contributed by atoms with Crippen LogP contribution in [0.3, 0.4) is 0 Å². The average molecular weight is 275 g/mol. The number of carbonyl (C=O) groups excluding carboxylic acids is 1. The van der Waals surface area contributed by atoms with Crippen molar-refractivity contribution in [2.75, 3.05) is 14.2 Å². The van der Waals surface area contributed by atoms with Gasteiger partial charge in [0.1, 0.15) is 6.79 Å². The molecule has 0 aliphatic rings. The Labute approximate surface area is 120 Å². The first kappa shape index (κ1) is 65.6. The summed E-state index contributed by atoms with van der Waals surface area (Å²) in [6, 6.07) is 0. The molecule has 18 heavy (non-hydrogen) atoms. The summed E-state index contributed by atoms with van der Waals surface area (Å²) in [6.45, 7) is 26.0. The molecule has 0 saturated heterocycles. The van der Waals surface area contributed by atoms with Crippen molar-refractivity contribution in [1.29, 1.82) is 0 Å². The molecule has 0 aromatic carbocycles. The summed E-state index contributed by atoms with van der Waals surface area (Å²) in [6.07, 6.45) is 0. The third-order valence-electron chi connectivity index (χ3n) is 0. The lowest BCUT2D eigenvalue weighted by Crippen LogP contribution is -1.55. The van der Waals surface area contributed by atoms with E-state index < -0.39 is 0 Å². The Morgan fingerprint density at radius 2 is 0.500 bits per heavy atom. The summed E-state index contributed by atoms with van der Waals surface area (Å²) in [5, 5.41) is 0. The Hall–Kier alpha value is -0.410. The molecule has 0 unspecified atom stereocenters. The molecule has 0 atom stereocenters. The Bertz CT molecular complexity index is 15.7. The van der Waals surface area contributed by atoms with E-state index in [1.165, 1.54) is 0 Å². The Balaban J connectivity index is -0.00000000734. The van der Waals surface area contributed by atoms with Crippen molar-refractivity contribution in [3.63, 3.8) is 0 Å². The average Bonchev–Trinajstić information content (AvgIpc) is 2.53. The van der Waals surface area contributed by atoms with E-state index in [1.54, 1.807) is 14.2 Å². The van der Waals surface area contributed by atoms with Gasteiger partial charge in [0.25, 0.3) is 0 Å². The largest absolute Gasteiger partial charge is 0.412 e. The molecule has 0 fully saturated rings. The van der Waals surface area contributed by atoms with Gasteiger partial charge in [0.15, 0.2) is 0 Å². The fourth-order valence-electron chi connectivity index (χ4n) is 0. The minimum atomic E-state index is 0. The molecule has 0 bridgehead atoms. The molecule has 0 aliphatic carbocycles. The van der Waals surface area contributed by atoms with Crippen LogP contribution in [0.25, 0.3) is 0 Å². The van der Waals surface area contributed by atoms with Crippen molar-refractivity contribution < 1.29 is 15.0 Å². The zero-order valence-corrected chi connectivity index (χ0v) is 16.0. The normalized spacial score (nSPS) is 3.22. The SMILES string of the molecule is C=O.CC.CC.CC.CC.CC.CC.COC.O. The molecule has 0 aromatic rings. The second kappa shape index (κ2) is 11600. The first-order valence-corrected chi connectivity index (χ1v) is 7.11. The maximum Gasteiger partial charge on any atom is 0.106 e. The van der Waals surface area contributed by atoms with Gasteiger partial charge >= 0.3 is 0 Å². The van der Waals surface area contributed by atoms with E-state index in [1.807, 2.05) is 89.9 Å². The van der Waals surface area contributed by atoms with Crippen molar-refractivity contribution in [3.8, 4) is 0 Å². The quantitative estimate of drug-likeness (QED) is 0.593. The van der Waals surface area contributed by atoms with Crippen molar-refractivity contribution in [2.24, 2.45) is 0 Å². The second-order valence-corrected chi connectivity index (χ2v) is 0.408. The van der Waals surface area contributed by atoms with E-state index in [2.05, 4.69) is 4.74 Å². The van der Waals surface area contributed by atoms with Crippen molar-refractivity contribution in [2.45, 2.75) is 83.1 Å². The molecular weight excluding hydrogens is 228 g/mol. The molecule has 0 saturated carbocycles. The fraction of sp³-hybridized carbons (Fsp3) is 0.933. The van der Waals surface area contributed by atoms with Crippen LogP contribution in [-0.2, 0) is 9.53 Å². The smallest absolute Gasteiger partial charge is 0.106 e. The summed E-state index contributed by atoms with van der Waals surface area (Å²) in [4.78, 5) is 8.00. The highest BCUT2D eigenvalue weighted by atomic mass is 16.4.